The molecule has 1 aliphatic heterocycles. The van der Waals surface area contributed by atoms with Crippen molar-refractivity contribution in [3.8, 4) is 0 Å². The lowest BCUT2D eigenvalue weighted by molar-refractivity contribution is -0.134. The van der Waals surface area contributed by atoms with E-state index in [0.717, 1.165) is 5.56 Å². The van der Waals surface area contributed by atoms with Crippen LogP contribution in [0.25, 0.3) is 0 Å². The van der Waals surface area contributed by atoms with Gasteiger partial charge in [0.1, 0.15) is 5.54 Å². The second-order valence-electron chi connectivity index (χ2n) is 8.25. The maximum atomic E-state index is 13.0. The van der Waals surface area contributed by atoms with Gasteiger partial charge in [0.2, 0.25) is 21.8 Å². The van der Waals surface area contributed by atoms with Gasteiger partial charge < -0.3 is 16.0 Å². The molecule has 4 N–H and O–H groups in total. The van der Waals surface area contributed by atoms with Gasteiger partial charge in [0.15, 0.2) is 5.78 Å². The molecular weight excluding hydrogens is 476 g/mol. The summed E-state index contributed by atoms with van der Waals surface area (Å²) in [5, 5.41) is 10.6. The van der Waals surface area contributed by atoms with Crippen molar-refractivity contribution in [3.63, 3.8) is 0 Å². The number of hydrogen-bond acceptors (Lipinski definition) is 7. The zero-order valence-corrected chi connectivity index (χ0v) is 20.7. The molecule has 2 aromatic rings. The van der Waals surface area contributed by atoms with Gasteiger partial charge in [0, 0.05) is 25.9 Å². The smallest absolute Gasteiger partial charge is 0.245 e. The molecule has 2 heterocycles. The molecule has 0 unspecified atom stereocenters. The summed E-state index contributed by atoms with van der Waals surface area (Å²) in [6, 6.07) is 9.99. The second-order valence-corrected chi connectivity index (χ2v) is 11.0. The van der Waals surface area contributed by atoms with Gasteiger partial charge in [0.25, 0.3) is 0 Å². The highest BCUT2D eigenvalue weighted by atomic mass is 32.2. The van der Waals surface area contributed by atoms with Crippen LogP contribution < -0.4 is 20.7 Å². The first-order valence-corrected chi connectivity index (χ1v) is 13.5. The molecule has 3 rings (SSSR count). The Bertz CT molecular complexity index is 1090. The molecule has 0 radical (unpaired) electrons. The quantitative estimate of drug-likeness (QED) is 0.269. The van der Waals surface area contributed by atoms with Crippen molar-refractivity contribution in [2.75, 3.05) is 26.2 Å². The number of carbonyl (C=O) groups is 3. The van der Waals surface area contributed by atoms with E-state index in [9.17, 15) is 22.8 Å². The fraction of sp³-hybridized carbons (Fsp3) is 0.435. The number of hydrogen-bond donors (Lipinski definition) is 4. The Kier molecular flexibility index (Phi) is 8.95. The lowest BCUT2D eigenvalue weighted by Gasteiger charge is -2.37. The van der Waals surface area contributed by atoms with E-state index in [-0.39, 0.29) is 48.4 Å². The minimum absolute atomic E-state index is 0.00442. The van der Waals surface area contributed by atoms with Crippen LogP contribution in [0.3, 0.4) is 0 Å². The summed E-state index contributed by atoms with van der Waals surface area (Å²) in [5.74, 6) is -0.821. The summed E-state index contributed by atoms with van der Waals surface area (Å²) in [7, 11) is -3.68. The van der Waals surface area contributed by atoms with Crippen LogP contribution in [0.15, 0.2) is 46.7 Å². The van der Waals surface area contributed by atoms with Gasteiger partial charge in [-0.3, -0.25) is 14.4 Å². The molecule has 11 heteroatoms. The van der Waals surface area contributed by atoms with Crippen molar-refractivity contribution in [1.82, 2.24) is 20.7 Å². The fourth-order valence-electron chi connectivity index (χ4n) is 3.71. The van der Waals surface area contributed by atoms with Crippen LogP contribution in [-0.4, -0.2) is 57.7 Å². The van der Waals surface area contributed by atoms with E-state index in [1.54, 1.807) is 24.3 Å². The monoisotopic (exact) mass is 506 g/mol. The highest BCUT2D eigenvalue weighted by Crippen LogP contribution is 2.20. The summed E-state index contributed by atoms with van der Waals surface area (Å²) in [5.41, 5.74) is -0.138. The van der Waals surface area contributed by atoms with Crippen molar-refractivity contribution >= 4 is 39.0 Å². The molecule has 0 atom stereocenters. The first-order chi connectivity index (χ1) is 16.2. The molecule has 1 aromatic carbocycles. The third-order valence-corrected chi connectivity index (χ3v) is 8.07. The highest BCUT2D eigenvalue weighted by Gasteiger charge is 2.40. The Hall–Kier alpha value is -2.60. The zero-order chi connectivity index (χ0) is 24.6. The van der Waals surface area contributed by atoms with E-state index < -0.39 is 15.6 Å². The average Bonchev–Trinajstić information content (AvgIpc) is 3.36. The Balaban J connectivity index is 1.51. The Morgan fingerprint density at radius 1 is 1.03 bits per heavy atom. The Labute approximate surface area is 203 Å². The number of sulfonamides is 1. The number of benzene rings is 1. The predicted octanol–water partition coefficient (Wildman–Crippen LogP) is 1.35. The van der Waals surface area contributed by atoms with E-state index >= 15 is 0 Å². The summed E-state index contributed by atoms with van der Waals surface area (Å²) >= 11 is 1.33. The molecule has 0 saturated carbocycles. The molecule has 1 aliphatic rings. The Morgan fingerprint density at radius 3 is 2.38 bits per heavy atom. The lowest BCUT2D eigenvalue weighted by atomic mass is 9.87. The highest BCUT2D eigenvalue weighted by molar-refractivity contribution is 7.89. The predicted molar refractivity (Wildman–Crippen MR) is 130 cm³/mol. The molecule has 1 saturated heterocycles. The topological polar surface area (TPSA) is 133 Å². The average molecular weight is 507 g/mol. The van der Waals surface area contributed by atoms with Crippen molar-refractivity contribution in [2.24, 2.45) is 0 Å². The second kappa shape index (κ2) is 11.7. The molecule has 0 spiro atoms. The largest absolute Gasteiger partial charge is 0.353 e. The number of Topliss-reactive ketones (excluding diaryl/α,β-unsaturated/α-hetero) is 1. The molecule has 184 valence electrons. The first-order valence-electron chi connectivity index (χ1n) is 11.1. The lowest BCUT2D eigenvalue weighted by Crippen LogP contribution is -2.63. The maximum Gasteiger partial charge on any atom is 0.245 e. The number of ketones is 1. The number of aryl methyl sites for hydroxylation is 1. The minimum atomic E-state index is -3.68. The SMILES string of the molecule is Cc1ccc(S(=O)(=O)NCCNC(=O)C2(NC(=O)CCC(=O)c3cccs3)CCNCC2)cc1. The number of nitrogens with one attached hydrogen (secondary N) is 4. The van der Waals surface area contributed by atoms with Crippen molar-refractivity contribution in [1.29, 1.82) is 0 Å². The van der Waals surface area contributed by atoms with Gasteiger partial charge in [0.05, 0.1) is 9.77 Å². The molecule has 9 nitrogen and oxygen atoms in total. The van der Waals surface area contributed by atoms with Crippen molar-refractivity contribution in [3.05, 3.63) is 52.2 Å². The minimum Gasteiger partial charge on any atom is -0.353 e. The fourth-order valence-corrected chi connectivity index (χ4v) is 5.44. The third kappa shape index (κ3) is 6.95. The summed E-state index contributed by atoms with van der Waals surface area (Å²) < 4.78 is 27.3. The number of piperidine rings is 1. The number of carbonyl (C=O) groups excluding carboxylic acids is 3. The van der Waals surface area contributed by atoms with Crippen LogP contribution >= 0.6 is 11.3 Å². The van der Waals surface area contributed by atoms with Crippen LogP contribution in [0.2, 0.25) is 0 Å². The van der Waals surface area contributed by atoms with Crippen LogP contribution in [0.1, 0.15) is 40.9 Å². The van der Waals surface area contributed by atoms with E-state index in [1.165, 1.54) is 23.5 Å². The molecule has 0 aliphatic carbocycles. The Morgan fingerprint density at radius 2 is 1.74 bits per heavy atom. The summed E-state index contributed by atoms with van der Waals surface area (Å²) in [6.45, 7) is 3.07. The van der Waals surface area contributed by atoms with Crippen LogP contribution in [-0.2, 0) is 19.6 Å². The van der Waals surface area contributed by atoms with Crippen LogP contribution in [0.4, 0.5) is 0 Å². The zero-order valence-electron chi connectivity index (χ0n) is 19.1. The third-order valence-electron chi connectivity index (χ3n) is 5.68. The van der Waals surface area contributed by atoms with Crippen molar-refractivity contribution in [2.45, 2.75) is 43.0 Å². The van der Waals surface area contributed by atoms with Gasteiger partial charge >= 0.3 is 0 Å². The van der Waals surface area contributed by atoms with E-state index in [0.29, 0.717) is 30.8 Å². The standard InChI is InChI=1S/C23H30N4O5S2/c1-17-4-6-18(7-5-17)34(31,32)26-15-14-25-22(30)23(10-12-24-13-11-23)27-21(29)9-8-19(28)20-3-2-16-33-20/h2-7,16,24,26H,8-15H2,1H3,(H,25,30)(H,27,29). The molecule has 34 heavy (non-hydrogen) atoms. The first kappa shape index (κ1) is 26.0. The van der Waals surface area contributed by atoms with E-state index in [4.69, 9.17) is 0 Å². The molecular formula is C23H30N4O5S2. The van der Waals surface area contributed by atoms with E-state index in [1.807, 2.05) is 12.3 Å². The summed E-state index contributed by atoms with van der Waals surface area (Å²) in [4.78, 5) is 38.5. The van der Waals surface area contributed by atoms with Gasteiger partial charge in [-0.05, 0) is 56.4 Å². The van der Waals surface area contributed by atoms with Gasteiger partial charge in [-0.1, -0.05) is 23.8 Å². The van der Waals surface area contributed by atoms with Gasteiger partial charge in [-0.15, -0.1) is 11.3 Å². The maximum absolute atomic E-state index is 13.0. The number of amides is 2. The van der Waals surface area contributed by atoms with Crippen molar-refractivity contribution < 1.29 is 22.8 Å². The van der Waals surface area contributed by atoms with Gasteiger partial charge in [-0.25, -0.2) is 13.1 Å². The number of thiophene rings is 1. The molecule has 1 aromatic heterocycles. The van der Waals surface area contributed by atoms with Gasteiger partial charge in [-0.2, -0.15) is 0 Å². The van der Waals surface area contributed by atoms with Crippen LogP contribution in [0.5, 0.6) is 0 Å². The van der Waals surface area contributed by atoms with E-state index in [2.05, 4.69) is 20.7 Å². The normalized spacial score (nSPS) is 15.4. The summed E-state index contributed by atoms with van der Waals surface area (Å²) in [6.07, 6.45) is 0.871. The molecule has 0 bridgehead atoms. The molecule has 2 amide bonds. The number of rotatable bonds is 11. The van der Waals surface area contributed by atoms with Crippen LogP contribution in [0, 0.1) is 6.92 Å². The molecule has 1 fully saturated rings.